The molecule has 0 heterocycles. The Hall–Kier alpha value is -0.345. The Morgan fingerprint density at radius 2 is 2.57 bits per heavy atom. The Morgan fingerprint density at radius 1 is 2.00 bits per heavy atom. The molecule has 0 aromatic heterocycles. The van der Waals surface area contributed by atoms with Gasteiger partial charge in [-0.1, -0.05) is 0 Å². The Balaban J connectivity index is 2.82. The van der Waals surface area contributed by atoms with E-state index in [2.05, 4.69) is 10.3 Å². The predicted molar refractivity (Wildman–Crippen MR) is 28.6 cm³/mol. The Morgan fingerprint density at radius 3 is 2.71 bits per heavy atom. The second kappa shape index (κ2) is 3.83. The highest BCUT2D eigenvalue weighted by atomic mass is 16.6. The van der Waals surface area contributed by atoms with Crippen LogP contribution in [0.1, 0.15) is 0 Å². The molecule has 0 aliphatic carbocycles. The van der Waals surface area contributed by atoms with E-state index in [-0.39, 0.29) is 12.3 Å². The molecule has 0 rings (SSSR count). The van der Waals surface area contributed by atoms with Crippen molar-refractivity contribution in [1.29, 1.82) is 0 Å². The second-order valence-corrected chi connectivity index (χ2v) is 1.19. The summed E-state index contributed by atoms with van der Waals surface area (Å²) >= 11 is 0. The lowest BCUT2D eigenvalue weighted by Gasteiger charge is -1.93. The highest BCUT2D eigenvalue weighted by Gasteiger charge is 1.87. The van der Waals surface area contributed by atoms with Gasteiger partial charge in [0.1, 0.15) is 12.3 Å². The molecule has 0 aliphatic rings. The van der Waals surface area contributed by atoms with Crippen LogP contribution in [-0.2, 0) is 9.63 Å². The molecule has 0 aromatic carbocycles. The lowest BCUT2D eigenvalue weighted by Crippen LogP contribution is -2.15. The third-order valence-corrected chi connectivity index (χ3v) is 0.420. The fourth-order valence-corrected chi connectivity index (χ4v) is 0.174. The van der Waals surface area contributed by atoms with Crippen molar-refractivity contribution in [1.82, 2.24) is 5.48 Å². The van der Waals surface area contributed by atoms with Gasteiger partial charge in [-0.2, -0.15) is 0 Å². The zero-order valence-electron chi connectivity index (χ0n) is 4.52. The molecule has 40 valence electrons. The van der Waals surface area contributed by atoms with Gasteiger partial charge in [0, 0.05) is 7.05 Å². The van der Waals surface area contributed by atoms with E-state index >= 15 is 0 Å². The van der Waals surface area contributed by atoms with E-state index in [9.17, 15) is 4.79 Å². The highest BCUT2D eigenvalue weighted by Crippen LogP contribution is 1.61. The molecule has 0 saturated carbocycles. The van der Waals surface area contributed by atoms with Gasteiger partial charge in [0.2, 0.25) is 0 Å². The van der Waals surface area contributed by atoms with Crippen molar-refractivity contribution in [2.45, 2.75) is 0 Å². The largest absolute Gasteiger partial charge is 0.309 e. The van der Waals surface area contributed by atoms with E-state index in [1.165, 1.54) is 7.85 Å². The summed E-state index contributed by atoms with van der Waals surface area (Å²) in [6.07, 6.45) is 0. The van der Waals surface area contributed by atoms with E-state index in [1.54, 1.807) is 7.05 Å². The predicted octanol–water partition coefficient (Wildman–Crippen LogP) is -1.70. The Kier molecular flexibility index (Phi) is 3.64. The average Bonchev–Trinajstić information content (AvgIpc) is 1.61. The normalized spacial score (nSPS) is 8.71. The molecule has 0 unspecified atom stereocenters. The van der Waals surface area contributed by atoms with Crippen molar-refractivity contribution in [3.05, 3.63) is 0 Å². The molecular formula is C3H8BNO2. The van der Waals surface area contributed by atoms with Gasteiger partial charge in [0.05, 0.1) is 0 Å². The van der Waals surface area contributed by atoms with Gasteiger partial charge in [0.15, 0.2) is 7.85 Å². The van der Waals surface area contributed by atoms with Gasteiger partial charge in [-0.05, 0) is 0 Å². The van der Waals surface area contributed by atoms with E-state index in [0.717, 1.165) is 0 Å². The second-order valence-electron chi connectivity index (χ2n) is 1.19. The van der Waals surface area contributed by atoms with Crippen LogP contribution in [0.15, 0.2) is 0 Å². The minimum absolute atomic E-state index is 0.0225. The topological polar surface area (TPSA) is 38.3 Å². The molecule has 0 saturated heterocycles. The van der Waals surface area contributed by atoms with E-state index < -0.39 is 0 Å². The lowest BCUT2D eigenvalue weighted by molar-refractivity contribution is -0.118. The zero-order valence-corrected chi connectivity index (χ0v) is 4.52. The first kappa shape index (κ1) is 6.65. The van der Waals surface area contributed by atoms with E-state index in [0.29, 0.717) is 0 Å². The van der Waals surface area contributed by atoms with Gasteiger partial charge in [-0.15, -0.1) is 0 Å². The summed E-state index contributed by atoms with van der Waals surface area (Å²) in [7, 11) is 3.08. The number of carbonyl (C=O) groups excluding carboxylic acids is 1. The van der Waals surface area contributed by atoms with Crippen LogP contribution >= 0.6 is 0 Å². The SMILES string of the molecule is BC(=O)CONC. The van der Waals surface area contributed by atoms with Crippen LogP contribution in [0.5, 0.6) is 0 Å². The maximum absolute atomic E-state index is 10.0. The van der Waals surface area contributed by atoms with Gasteiger partial charge in [0.25, 0.3) is 0 Å². The number of nitrogens with one attached hydrogen (secondary N) is 1. The molecule has 0 amide bonds. The first-order valence-electron chi connectivity index (χ1n) is 2.05. The van der Waals surface area contributed by atoms with Crippen molar-refractivity contribution < 1.29 is 9.63 Å². The number of hydrogen-bond donors (Lipinski definition) is 1. The molecule has 4 heteroatoms. The molecule has 1 N–H and O–H groups in total. The number of rotatable bonds is 3. The molecule has 0 radical (unpaired) electrons. The number of carbonyl (C=O) groups is 1. The van der Waals surface area contributed by atoms with E-state index in [1.807, 2.05) is 0 Å². The fraction of sp³-hybridized carbons (Fsp3) is 0.667. The monoisotopic (exact) mass is 101 g/mol. The quantitative estimate of drug-likeness (QED) is 0.340. The molecule has 0 spiro atoms. The molecule has 3 nitrogen and oxygen atoms in total. The molecular weight excluding hydrogens is 92.8 g/mol. The zero-order chi connectivity index (χ0) is 5.70. The maximum Gasteiger partial charge on any atom is 0.190 e. The van der Waals surface area contributed by atoms with Gasteiger partial charge in [-0.3, -0.25) is 4.84 Å². The van der Waals surface area contributed by atoms with Crippen molar-refractivity contribution in [3.8, 4) is 0 Å². The fourth-order valence-electron chi connectivity index (χ4n) is 0.174. The Labute approximate surface area is 43.4 Å². The van der Waals surface area contributed by atoms with Crippen molar-refractivity contribution in [2.24, 2.45) is 0 Å². The average molecular weight is 101 g/mol. The smallest absolute Gasteiger partial charge is 0.190 e. The summed E-state index contributed by atoms with van der Waals surface area (Å²) in [6, 6.07) is 0. The summed E-state index contributed by atoms with van der Waals surface area (Å²) in [5.41, 5.74) is 2.40. The van der Waals surface area contributed by atoms with Crippen LogP contribution in [0.25, 0.3) is 0 Å². The van der Waals surface area contributed by atoms with Crippen LogP contribution in [0.3, 0.4) is 0 Å². The van der Waals surface area contributed by atoms with Crippen LogP contribution in [0.2, 0.25) is 0 Å². The molecule has 0 aromatic rings. The van der Waals surface area contributed by atoms with Crippen LogP contribution in [-0.4, -0.2) is 27.2 Å². The number of hydroxylamine groups is 1. The molecule has 0 fully saturated rings. The minimum Gasteiger partial charge on any atom is -0.309 e. The summed E-state index contributed by atoms with van der Waals surface area (Å²) < 4.78 is 0. The van der Waals surface area contributed by atoms with Gasteiger partial charge >= 0.3 is 0 Å². The van der Waals surface area contributed by atoms with Gasteiger partial charge in [-0.25, -0.2) is 5.48 Å². The third kappa shape index (κ3) is 5.65. The Bertz CT molecular complexity index is 66.0. The van der Waals surface area contributed by atoms with Crippen molar-refractivity contribution >= 4 is 13.5 Å². The molecule has 0 bridgehead atoms. The molecule has 7 heavy (non-hydrogen) atoms. The van der Waals surface area contributed by atoms with Crippen LogP contribution in [0.4, 0.5) is 0 Å². The summed E-state index contributed by atoms with van der Waals surface area (Å²) in [5.74, 6) is 0. The summed E-state index contributed by atoms with van der Waals surface area (Å²) in [5, 5.41) is 0. The highest BCUT2D eigenvalue weighted by molar-refractivity contribution is 6.58. The van der Waals surface area contributed by atoms with Crippen LogP contribution in [0, 0.1) is 0 Å². The first-order chi connectivity index (χ1) is 3.27. The standard InChI is InChI=1S/C3H8BNO2/c1-5-7-2-3(4)6/h5H,2,4H2,1H3. The van der Waals surface area contributed by atoms with Gasteiger partial charge < -0.3 is 4.79 Å². The molecule has 0 atom stereocenters. The summed E-state index contributed by atoms with van der Waals surface area (Å²) in [6.45, 7) is 0.149. The van der Waals surface area contributed by atoms with Crippen molar-refractivity contribution in [3.63, 3.8) is 0 Å². The maximum atomic E-state index is 10.0. The summed E-state index contributed by atoms with van der Waals surface area (Å²) in [4.78, 5) is 14.5. The first-order valence-corrected chi connectivity index (χ1v) is 2.05. The van der Waals surface area contributed by atoms with Crippen LogP contribution < -0.4 is 5.48 Å². The minimum atomic E-state index is 0.0225. The van der Waals surface area contributed by atoms with E-state index in [4.69, 9.17) is 0 Å². The lowest BCUT2D eigenvalue weighted by atomic mass is 10.1. The molecule has 0 aliphatic heterocycles. The van der Waals surface area contributed by atoms with Crippen molar-refractivity contribution in [2.75, 3.05) is 13.7 Å². The number of hydrogen-bond acceptors (Lipinski definition) is 3. The third-order valence-electron chi connectivity index (χ3n) is 0.420.